The van der Waals surface area contributed by atoms with Crippen LogP contribution < -0.4 is 10.1 Å². The summed E-state index contributed by atoms with van der Waals surface area (Å²) < 4.78 is 19.3. The van der Waals surface area contributed by atoms with E-state index in [4.69, 9.17) is 4.74 Å². The third-order valence-corrected chi connectivity index (χ3v) is 4.92. The Morgan fingerprint density at radius 3 is 2.71 bits per heavy atom. The predicted octanol–water partition coefficient (Wildman–Crippen LogP) is 5.01. The number of aromatic amines is 1. The van der Waals surface area contributed by atoms with Gasteiger partial charge in [0.15, 0.2) is 6.10 Å². The molecule has 0 bridgehead atoms. The quantitative estimate of drug-likeness (QED) is 0.536. The van der Waals surface area contributed by atoms with E-state index in [1.165, 1.54) is 18.2 Å². The molecule has 2 N–H and O–H groups in total. The van der Waals surface area contributed by atoms with E-state index in [2.05, 4.69) is 31.2 Å². The Kier molecular flexibility index (Phi) is 6.46. The van der Waals surface area contributed by atoms with Crippen LogP contribution in [-0.2, 0) is 4.79 Å². The van der Waals surface area contributed by atoms with Crippen LogP contribution in [0.1, 0.15) is 32.1 Å². The number of nitrogens with zero attached hydrogens (tertiary/aromatic N) is 1. The number of carbonyl (C=O) groups is 1. The minimum Gasteiger partial charge on any atom is -0.480 e. The summed E-state index contributed by atoms with van der Waals surface area (Å²) in [7, 11) is 0. The zero-order valence-electron chi connectivity index (χ0n) is 15.6. The van der Waals surface area contributed by atoms with E-state index in [0.717, 1.165) is 11.3 Å². The van der Waals surface area contributed by atoms with Crippen LogP contribution in [0.3, 0.4) is 0 Å². The maximum absolute atomic E-state index is 13.2. The van der Waals surface area contributed by atoms with Crippen LogP contribution in [0.2, 0.25) is 0 Å². The summed E-state index contributed by atoms with van der Waals surface area (Å²) in [5, 5.41) is 2.95. The first-order valence-electron chi connectivity index (χ1n) is 9.00. The van der Waals surface area contributed by atoms with E-state index in [1.54, 1.807) is 13.1 Å². The zero-order chi connectivity index (χ0) is 20.1. The van der Waals surface area contributed by atoms with Gasteiger partial charge in [0, 0.05) is 0 Å². The van der Waals surface area contributed by atoms with Crippen molar-refractivity contribution in [1.82, 2.24) is 15.3 Å². The Balaban J connectivity index is 1.67. The van der Waals surface area contributed by atoms with E-state index < -0.39 is 6.10 Å². The highest BCUT2D eigenvalue weighted by Crippen LogP contribution is 2.27. The maximum atomic E-state index is 13.2. The third-order valence-electron chi connectivity index (χ3n) is 4.30. The van der Waals surface area contributed by atoms with Gasteiger partial charge in [0.2, 0.25) is 0 Å². The molecule has 7 heteroatoms. The van der Waals surface area contributed by atoms with Crippen LogP contribution in [0.25, 0.3) is 11.3 Å². The largest absolute Gasteiger partial charge is 0.480 e. The van der Waals surface area contributed by atoms with Gasteiger partial charge in [-0.2, -0.15) is 0 Å². The van der Waals surface area contributed by atoms with Gasteiger partial charge >= 0.3 is 0 Å². The van der Waals surface area contributed by atoms with Gasteiger partial charge in [-0.1, -0.05) is 37.3 Å². The van der Waals surface area contributed by atoms with Crippen molar-refractivity contribution in [3.63, 3.8) is 0 Å². The average Bonchev–Trinajstić information content (AvgIpc) is 3.18. The lowest BCUT2D eigenvalue weighted by Gasteiger charge is -2.20. The van der Waals surface area contributed by atoms with Gasteiger partial charge in [-0.3, -0.25) is 4.79 Å². The zero-order valence-corrected chi connectivity index (χ0v) is 17.2. The maximum Gasteiger partial charge on any atom is 0.261 e. The minimum absolute atomic E-state index is 0.271. The molecule has 1 aromatic heterocycles. The van der Waals surface area contributed by atoms with Gasteiger partial charge in [0.25, 0.3) is 5.91 Å². The number of imidazole rings is 1. The highest BCUT2D eigenvalue weighted by molar-refractivity contribution is 9.10. The summed E-state index contributed by atoms with van der Waals surface area (Å²) in [6, 6.07) is 13.7. The molecular formula is C21H21BrFN3O2. The smallest absolute Gasteiger partial charge is 0.261 e. The molecule has 5 nitrogen and oxygen atoms in total. The van der Waals surface area contributed by atoms with Crippen molar-refractivity contribution in [1.29, 1.82) is 0 Å². The molecule has 0 radical (unpaired) electrons. The first kappa shape index (κ1) is 20.1. The van der Waals surface area contributed by atoms with Crippen LogP contribution in [-0.4, -0.2) is 22.0 Å². The first-order chi connectivity index (χ1) is 13.5. The number of nitrogens with one attached hydrogen (secondary N) is 2. The highest BCUT2D eigenvalue weighted by Gasteiger charge is 2.22. The van der Waals surface area contributed by atoms with Crippen LogP contribution in [0.4, 0.5) is 4.39 Å². The molecule has 0 spiro atoms. The van der Waals surface area contributed by atoms with E-state index in [1.807, 2.05) is 37.3 Å². The number of carbonyl (C=O) groups excluding carboxylic acids is 1. The minimum atomic E-state index is -0.751. The molecule has 1 amide bonds. The molecule has 28 heavy (non-hydrogen) atoms. The Hall–Kier alpha value is -2.67. The molecular weight excluding hydrogens is 425 g/mol. The number of rotatable bonds is 7. The number of H-pyrrole nitrogens is 1. The fourth-order valence-electron chi connectivity index (χ4n) is 2.75. The average molecular weight is 446 g/mol. The summed E-state index contributed by atoms with van der Waals surface area (Å²) >= 11 is 3.24. The molecule has 2 aromatic carbocycles. The molecule has 3 rings (SSSR count). The number of ether oxygens (including phenoxy) is 1. The molecule has 2 atom stereocenters. The number of aromatic nitrogens is 2. The Morgan fingerprint density at radius 2 is 2.04 bits per heavy atom. The second-order valence-electron chi connectivity index (χ2n) is 6.35. The lowest BCUT2D eigenvalue weighted by atomic mass is 10.2. The molecule has 1 heterocycles. The van der Waals surface area contributed by atoms with Gasteiger partial charge in [-0.15, -0.1) is 0 Å². The molecule has 0 saturated carbocycles. The molecule has 2 unspecified atom stereocenters. The van der Waals surface area contributed by atoms with Crippen molar-refractivity contribution in [3.05, 3.63) is 70.8 Å². The van der Waals surface area contributed by atoms with Crippen LogP contribution in [0, 0.1) is 5.82 Å². The molecule has 0 saturated heterocycles. The van der Waals surface area contributed by atoms with E-state index in [9.17, 15) is 9.18 Å². The number of hydrogen-bond acceptors (Lipinski definition) is 3. The summed E-state index contributed by atoms with van der Waals surface area (Å²) in [5.74, 6) is 0.432. The fraction of sp³-hybridized carbons (Fsp3) is 0.238. The van der Waals surface area contributed by atoms with E-state index in [-0.39, 0.29) is 17.8 Å². The van der Waals surface area contributed by atoms with Crippen LogP contribution in [0.5, 0.6) is 5.75 Å². The van der Waals surface area contributed by atoms with Crippen LogP contribution >= 0.6 is 15.9 Å². The molecule has 0 aliphatic carbocycles. The standard InChI is InChI=1S/C21H21BrFN3O2/c1-3-17(20-24-12-18(25-20)14-7-5-4-6-8-14)26-21(27)13(2)28-19-10-9-15(23)11-16(19)22/h4-13,17H,3H2,1-2H3,(H,24,25)(H,26,27). The Labute approximate surface area is 171 Å². The van der Waals surface area contributed by atoms with Crippen molar-refractivity contribution in [2.45, 2.75) is 32.4 Å². The predicted molar refractivity (Wildman–Crippen MR) is 109 cm³/mol. The van der Waals surface area contributed by atoms with Gasteiger partial charge < -0.3 is 15.0 Å². The summed E-state index contributed by atoms with van der Waals surface area (Å²) in [6.45, 7) is 3.62. The topological polar surface area (TPSA) is 67.0 Å². The Bertz CT molecular complexity index is 946. The van der Waals surface area contributed by atoms with Crippen molar-refractivity contribution < 1.29 is 13.9 Å². The summed E-state index contributed by atoms with van der Waals surface area (Å²) in [6.07, 6.45) is 1.68. The van der Waals surface area contributed by atoms with Crippen molar-refractivity contribution >= 4 is 21.8 Å². The third kappa shape index (κ3) is 4.78. The summed E-state index contributed by atoms with van der Waals surface area (Å²) in [4.78, 5) is 20.3. The SMILES string of the molecule is CCC(NC(=O)C(C)Oc1ccc(F)cc1Br)c1ncc(-c2ccccc2)[nH]1. The Morgan fingerprint density at radius 1 is 1.29 bits per heavy atom. The van der Waals surface area contributed by atoms with Gasteiger partial charge in [-0.05, 0) is 53.0 Å². The molecule has 146 valence electrons. The second-order valence-corrected chi connectivity index (χ2v) is 7.21. The second kappa shape index (κ2) is 9.01. The van der Waals surface area contributed by atoms with Gasteiger partial charge in [0.05, 0.1) is 22.4 Å². The fourth-order valence-corrected chi connectivity index (χ4v) is 3.19. The van der Waals surface area contributed by atoms with Gasteiger partial charge in [0.1, 0.15) is 17.4 Å². The van der Waals surface area contributed by atoms with Crippen molar-refractivity contribution in [3.8, 4) is 17.0 Å². The molecule has 0 aliphatic heterocycles. The van der Waals surface area contributed by atoms with E-state index >= 15 is 0 Å². The molecule has 0 fully saturated rings. The number of benzene rings is 2. The number of amides is 1. The van der Waals surface area contributed by atoms with Gasteiger partial charge in [-0.25, -0.2) is 9.37 Å². The lowest BCUT2D eigenvalue weighted by molar-refractivity contribution is -0.128. The number of hydrogen-bond donors (Lipinski definition) is 2. The summed E-state index contributed by atoms with van der Waals surface area (Å²) in [5.41, 5.74) is 1.92. The monoisotopic (exact) mass is 445 g/mol. The molecule has 3 aromatic rings. The highest BCUT2D eigenvalue weighted by atomic mass is 79.9. The first-order valence-corrected chi connectivity index (χ1v) is 9.79. The normalized spacial score (nSPS) is 13.0. The molecule has 0 aliphatic rings. The van der Waals surface area contributed by atoms with Crippen molar-refractivity contribution in [2.75, 3.05) is 0 Å². The van der Waals surface area contributed by atoms with Crippen LogP contribution in [0.15, 0.2) is 59.2 Å². The number of halogens is 2. The van der Waals surface area contributed by atoms with E-state index in [0.29, 0.717) is 22.5 Å². The van der Waals surface area contributed by atoms with Crippen molar-refractivity contribution in [2.24, 2.45) is 0 Å². The lowest BCUT2D eigenvalue weighted by Crippen LogP contribution is -2.38.